The molecule has 1 heterocycles. The molecule has 0 unspecified atom stereocenters. The number of hydrogen-bond acceptors (Lipinski definition) is 4. The van der Waals surface area contributed by atoms with Gasteiger partial charge < -0.3 is 4.74 Å². The summed E-state index contributed by atoms with van der Waals surface area (Å²) in [7, 11) is 1.32. The number of aromatic nitrogens is 1. The minimum Gasteiger partial charge on any atom is -0.465 e. The van der Waals surface area contributed by atoms with E-state index >= 15 is 0 Å². The number of carbonyl (C=O) groups is 2. The first-order valence-electron chi connectivity index (χ1n) is 10.2. The third-order valence-corrected chi connectivity index (χ3v) is 9.58. The van der Waals surface area contributed by atoms with Crippen LogP contribution >= 0.6 is 6.89 Å². The molecule has 0 atom stereocenters. The van der Waals surface area contributed by atoms with Crippen molar-refractivity contribution in [2.75, 3.05) is 7.11 Å². The van der Waals surface area contributed by atoms with Crippen LogP contribution in [-0.2, 0) is 9.53 Å². The molecule has 0 N–H and O–H groups in total. The fraction of sp³-hybridized carbons (Fsp3) is 0.0370. The van der Waals surface area contributed by atoms with Gasteiger partial charge in [0.1, 0.15) is 5.29 Å². The van der Waals surface area contributed by atoms with Crippen LogP contribution in [0.2, 0.25) is 0 Å². The second-order valence-electron chi connectivity index (χ2n) is 7.08. The number of pyridine rings is 1. The minimum atomic E-state index is -2.89. The van der Waals surface area contributed by atoms with Gasteiger partial charge >= 0.3 is 5.97 Å². The highest BCUT2D eigenvalue weighted by Gasteiger charge is 2.37. The van der Waals surface area contributed by atoms with Gasteiger partial charge in [-0.3, -0.25) is 9.78 Å². The van der Waals surface area contributed by atoms with Crippen LogP contribution in [0.1, 0.15) is 10.4 Å². The molecule has 3 aromatic carbocycles. The summed E-state index contributed by atoms with van der Waals surface area (Å²) >= 11 is 0. The SMILES string of the molecule is COC(=O)C(C(=O)c1ccncc1)=P(c1ccccc1)(c1ccccc1)c1ccccc1. The Kier molecular flexibility index (Phi) is 6.44. The van der Waals surface area contributed by atoms with Gasteiger partial charge in [0, 0.05) is 18.0 Å². The fourth-order valence-corrected chi connectivity index (χ4v) is 8.23. The van der Waals surface area contributed by atoms with Crippen molar-refractivity contribution in [2.45, 2.75) is 0 Å². The number of ketones is 1. The first-order chi connectivity index (χ1) is 15.7. The smallest absolute Gasteiger partial charge is 0.342 e. The molecule has 0 aliphatic rings. The Hall–Kier alpha value is -3.75. The Labute approximate surface area is 187 Å². The van der Waals surface area contributed by atoms with Crippen LogP contribution in [0, 0.1) is 0 Å². The van der Waals surface area contributed by atoms with Crippen LogP contribution in [0.5, 0.6) is 0 Å². The highest BCUT2D eigenvalue weighted by molar-refractivity contribution is 7.97. The second kappa shape index (κ2) is 9.59. The number of carbonyl (C=O) groups excluding carboxylic acids is 2. The average Bonchev–Trinajstić information content (AvgIpc) is 2.88. The van der Waals surface area contributed by atoms with E-state index in [1.165, 1.54) is 7.11 Å². The molecule has 0 radical (unpaired) electrons. The zero-order valence-corrected chi connectivity index (χ0v) is 18.5. The standard InChI is InChI=1S/C27H22NO3P/c1-31-27(30)26(25(29)21-17-19-28-20-18-21)32(22-11-5-2-6-12-22,23-13-7-3-8-14-23)24-15-9-4-10-16-24/h2-20H,1H3. The van der Waals surface area contributed by atoms with Gasteiger partial charge in [-0.05, 0) is 34.9 Å². The number of methoxy groups -OCH3 is 1. The van der Waals surface area contributed by atoms with E-state index in [4.69, 9.17) is 4.74 Å². The zero-order chi connectivity index (χ0) is 22.4. The molecule has 4 nitrogen and oxygen atoms in total. The minimum absolute atomic E-state index is 0.134. The van der Waals surface area contributed by atoms with Gasteiger partial charge in [0.25, 0.3) is 0 Å². The lowest BCUT2D eigenvalue weighted by atomic mass is 10.1. The molecule has 32 heavy (non-hydrogen) atoms. The first kappa shape index (κ1) is 21.5. The average molecular weight is 439 g/mol. The summed E-state index contributed by atoms with van der Waals surface area (Å²) in [5.41, 5.74) is 0.396. The van der Waals surface area contributed by atoms with Gasteiger partial charge in [-0.15, -0.1) is 0 Å². The van der Waals surface area contributed by atoms with Crippen molar-refractivity contribution in [3.05, 3.63) is 121 Å². The van der Waals surface area contributed by atoms with Crippen molar-refractivity contribution < 1.29 is 14.3 Å². The molecular weight excluding hydrogens is 417 g/mol. The van der Waals surface area contributed by atoms with E-state index in [9.17, 15) is 9.59 Å². The molecule has 4 aromatic rings. The van der Waals surface area contributed by atoms with E-state index in [1.807, 2.05) is 91.0 Å². The Morgan fingerprint density at radius 3 is 1.44 bits per heavy atom. The van der Waals surface area contributed by atoms with Crippen molar-refractivity contribution >= 4 is 39.8 Å². The van der Waals surface area contributed by atoms with Crippen molar-refractivity contribution in [1.82, 2.24) is 4.98 Å². The van der Waals surface area contributed by atoms with Crippen molar-refractivity contribution in [1.29, 1.82) is 0 Å². The summed E-state index contributed by atoms with van der Waals surface area (Å²) in [5.74, 6) is -0.985. The predicted molar refractivity (Wildman–Crippen MR) is 131 cm³/mol. The van der Waals surface area contributed by atoms with Crippen molar-refractivity contribution in [3.63, 3.8) is 0 Å². The largest absolute Gasteiger partial charge is 0.465 e. The highest BCUT2D eigenvalue weighted by atomic mass is 31.2. The van der Waals surface area contributed by atoms with Gasteiger partial charge in [0.15, 0.2) is 0 Å². The molecule has 1 aromatic heterocycles. The Morgan fingerprint density at radius 2 is 1.06 bits per heavy atom. The Morgan fingerprint density at radius 1 is 0.656 bits per heavy atom. The van der Waals surface area contributed by atoms with Gasteiger partial charge in [0.05, 0.1) is 7.11 Å². The molecular formula is C27H22NO3P. The van der Waals surface area contributed by atoms with Crippen molar-refractivity contribution in [3.8, 4) is 0 Å². The van der Waals surface area contributed by atoms with E-state index in [0.717, 1.165) is 15.9 Å². The molecule has 0 spiro atoms. The monoisotopic (exact) mass is 439 g/mol. The molecule has 5 heteroatoms. The van der Waals surface area contributed by atoms with E-state index in [2.05, 4.69) is 4.98 Å². The summed E-state index contributed by atoms with van der Waals surface area (Å²) in [4.78, 5) is 31.4. The highest BCUT2D eigenvalue weighted by Crippen LogP contribution is 2.47. The summed E-state index contributed by atoms with van der Waals surface area (Å²) < 4.78 is 5.24. The van der Waals surface area contributed by atoms with Gasteiger partial charge in [0.2, 0.25) is 5.78 Å². The number of ether oxygens (including phenoxy) is 1. The van der Waals surface area contributed by atoms with Crippen LogP contribution < -0.4 is 15.9 Å². The summed E-state index contributed by atoms with van der Waals surface area (Å²) in [6.07, 6.45) is 3.10. The van der Waals surface area contributed by atoms with E-state index in [-0.39, 0.29) is 11.1 Å². The lowest BCUT2D eigenvalue weighted by Gasteiger charge is -2.31. The van der Waals surface area contributed by atoms with Crippen molar-refractivity contribution in [2.24, 2.45) is 0 Å². The maximum atomic E-state index is 14.0. The third kappa shape index (κ3) is 3.81. The lowest BCUT2D eigenvalue weighted by Crippen LogP contribution is -2.38. The normalized spacial score (nSPS) is 10.9. The van der Waals surface area contributed by atoms with Gasteiger partial charge in [-0.2, -0.15) is 0 Å². The molecule has 0 aliphatic heterocycles. The second-order valence-corrected chi connectivity index (χ2v) is 10.4. The molecule has 4 rings (SSSR count). The van der Waals surface area contributed by atoms with Crippen LogP contribution in [0.25, 0.3) is 0 Å². The molecule has 0 amide bonds. The Bertz CT molecular complexity index is 1170. The summed E-state index contributed by atoms with van der Waals surface area (Å²) in [5, 5.41) is 2.84. The molecule has 0 saturated carbocycles. The van der Waals surface area contributed by atoms with Crippen LogP contribution in [0.3, 0.4) is 0 Å². The number of benzene rings is 3. The lowest BCUT2D eigenvalue weighted by molar-refractivity contribution is -0.132. The number of Topliss-reactive ketones (excluding diaryl/α,β-unsaturated/α-hetero) is 1. The van der Waals surface area contributed by atoms with Crippen LogP contribution in [0.4, 0.5) is 0 Å². The number of esters is 1. The maximum absolute atomic E-state index is 14.0. The Balaban J connectivity index is 2.27. The summed E-state index contributed by atoms with van der Waals surface area (Å²) in [6, 6.07) is 32.5. The third-order valence-electron chi connectivity index (χ3n) is 5.30. The molecule has 0 bridgehead atoms. The zero-order valence-electron chi connectivity index (χ0n) is 17.6. The first-order valence-corrected chi connectivity index (χ1v) is 11.9. The molecule has 158 valence electrons. The number of rotatable bonds is 6. The predicted octanol–water partition coefficient (Wildman–Crippen LogP) is 3.60. The quantitative estimate of drug-likeness (QED) is 0.199. The number of hydrogen-bond donors (Lipinski definition) is 0. The molecule has 0 aliphatic carbocycles. The summed E-state index contributed by atoms with van der Waals surface area (Å²) in [6.45, 7) is -2.89. The molecule has 0 fully saturated rings. The van der Waals surface area contributed by atoms with E-state index in [1.54, 1.807) is 24.5 Å². The van der Waals surface area contributed by atoms with E-state index < -0.39 is 12.9 Å². The number of nitrogens with zero attached hydrogens (tertiary/aromatic N) is 1. The van der Waals surface area contributed by atoms with E-state index in [0.29, 0.717) is 5.56 Å². The maximum Gasteiger partial charge on any atom is 0.342 e. The fourth-order valence-electron chi connectivity index (χ4n) is 3.91. The van der Waals surface area contributed by atoms with Crippen LogP contribution in [-0.4, -0.2) is 29.1 Å². The topological polar surface area (TPSA) is 56.3 Å². The molecule has 0 saturated heterocycles. The van der Waals surface area contributed by atoms with Gasteiger partial charge in [-0.1, -0.05) is 91.0 Å². The van der Waals surface area contributed by atoms with Gasteiger partial charge in [-0.25, -0.2) is 4.79 Å². The van der Waals surface area contributed by atoms with Crippen LogP contribution in [0.15, 0.2) is 116 Å².